The number of Topliss-reactive ketones (excluding diaryl/α,β-unsaturated/α-hetero) is 1. The summed E-state index contributed by atoms with van der Waals surface area (Å²) in [6, 6.07) is 10.5. The molecular weight excluding hydrogens is 384 g/mol. The zero-order valence-electron chi connectivity index (χ0n) is 16.2. The standard InChI is InChI=1S/C23H20N2O5/c1-2-10-29-17-9-8-14-11-16(7-6-15(14)12-17)21(26)22-24-13-20(30-22)18-4-3-5-19(25-18)23(27)28/h2-5,8-9,12-13,16H,1,6-7,10-11H2,(H,27,28). The summed E-state index contributed by atoms with van der Waals surface area (Å²) < 4.78 is 11.2. The Balaban J connectivity index is 1.49. The first-order chi connectivity index (χ1) is 14.5. The molecule has 1 unspecified atom stereocenters. The van der Waals surface area contributed by atoms with Gasteiger partial charge in [0.05, 0.1) is 6.20 Å². The van der Waals surface area contributed by atoms with E-state index in [0.717, 1.165) is 17.7 Å². The zero-order valence-corrected chi connectivity index (χ0v) is 16.2. The molecule has 0 saturated heterocycles. The van der Waals surface area contributed by atoms with E-state index in [4.69, 9.17) is 14.3 Å². The number of aryl methyl sites for hydroxylation is 1. The van der Waals surface area contributed by atoms with E-state index in [1.807, 2.05) is 18.2 Å². The summed E-state index contributed by atoms with van der Waals surface area (Å²) in [6.45, 7) is 4.10. The van der Waals surface area contributed by atoms with Crippen LogP contribution in [0.5, 0.6) is 5.75 Å². The summed E-state index contributed by atoms with van der Waals surface area (Å²) in [5, 5.41) is 9.08. The van der Waals surface area contributed by atoms with Crippen molar-refractivity contribution in [2.75, 3.05) is 6.61 Å². The highest BCUT2D eigenvalue weighted by atomic mass is 16.5. The van der Waals surface area contributed by atoms with Gasteiger partial charge in [0, 0.05) is 5.92 Å². The minimum atomic E-state index is -1.13. The van der Waals surface area contributed by atoms with Gasteiger partial charge in [-0.1, -0.05) is 24.8 Å². The van der Waals surface area contributed by atoms with Crippen molar-refractivity contribution in [3.8, 4) is 17.2 Å². The largest absolute Gasteiger partial charge is 0.490 e. The molecule has 0 fully saturated rings. The Bertz CT molecular complexity index is 1120. The monoisotopic (exact) mass is 404 g/mol. The second-order valence-electron chi connectivity index (χ2n) is 7.08. The first kappa shape index (κ1) is 19.6. The van der Waals surface area contributed by atoms with Gasteiger partial charge < -0.3 is 14.3 Å². The molecule has 1 aliphatic carbocycles. The maximum atomic E-state index is 12.9. The predicted octanol–water partition coefficient (Wildman–Crippen LogP) is 3.99. The van der Waals surface area contributed by atoms with Crippen molar-refractivity contribution in [3.63, 3.8) is 0 Å². The van der Waals surface area contributed by atoms with Crippen LogP contribution in [0.3, 0.4) is 0 Å². The van der Waals surface area contributed by atoms with Crippen LogP contribution < -0.4 is 4.74 Å². The van der Waals surface area contributed by atoms with Crippen molar-refractivity contribution in [2.45, 2.75) is 19.3 Å². The van der Waals surface area contributed by atoms with Gasteiger partial charge in [-0.2, -0.15) is 0 Å². The van der Waals surface area contributed by atoms with Crippen LogP contribution in [0, 0.1) is 5.92 Å². The van der Waals surface area contributed by atoms with Crippen molar-refractivity contribution in [2.24, 2.45) is 5.92 Å². The molecule has 0 radical (unpaired) electrons. The number of hydrogen-bond acceptors (Lipinski definition) is 6. The number of benzene rings is 1. The lowest BCUT2D eigenvalue weighted by Gasteiger charge is -2.23. The predicted molar refractivity (Wildman–Crippen MR) is 109 cm³/mol. The summed E-state index contributed by atoms with van der Waals surface area (Å²) in [6.07, 6.45) is 5.18. The highest BCUT2D eigenvalue weighted by Crippen LogP contribution is 2.31. The van der Waals surface area contributed by atoms with Gasteiger partial charge >= 0.3 is 5.97 Å². The van der Waals surface area contributed by atoms with Crippen LogP contribution in [0.15, 0.2) is 59.7 Å². The first-order valence-electron chi connectivity index (χ1n) is 9.61. The van der Waals surface area contributed by atoms with E-state index in [1.54, 1.807) is 18.2 Å². The number of carbonyl (C=O) groups is 2. The number of ether oxygens (including phenoxy) is 1. The molecule has 1 N–H and O–H groups in total. The number of carbonyl (C=O) groups excluding carboxylic acids is 1. The van der Waals surface area contributed by atoms with Crippen LogP contribution in [0.1, 0.15) is 38.7 Å². The molecule has 7 heteroatoms. The SMILES string of the molecule is C=CCOc1ccc2c(c1)CCC(C(=O)c1ncc(-c3cccc(C(=O)O)n3)o1)C2. The molecule has 0 amide bonds. The Morgan fingerprint density at radius 3 is 2.93 bits per heavy atom. The molecule has 0 spiro atoms. The molecule has 1 atom stereocenters. The van der Waals surface area contributed by atoms with Crippen LogP contribution >= 0.6 is 0 Å². The Labute approximate surface area is 173 Å². The lowest BCUT2D eigenvalue weighted by atomic mass is 9.81. The van der Waals surface area contributed by atoms with Crippen LogP contribution in [-0.2, 0) is 12.8 Å². The molecule has 7 nitrogen and oxygen atoms in total. The molecule has 0 saturated carbocycles. The van der Waals surface area contributed by atoms with Crippen molar-refractivity contribution in [1.29, 1.82) is 0 Å². The fourth-order valence-electron chi connectivity index (χ4n) is 3.57. The van der Waals surface area contributed by atoms with Gasteiger partial charge in [0.15, 0.2) is 5.76 Å². The van der Waals surface area contributed by atoms with Gasteiger partial charge in [-0.25, -0.2) is 14.8 Å². The molecule has 4 rings (SSSR count). The number of carboxylic acids is 1. The van der Waals surface area contributed by atoms with E-state index in [9.17, 15) is 9.59 Å². The number of hydrogen-bond donors (Lipinski definition) is 1. The van der Waals surface area contributed by atoms with Crippen molar-refractivity contribution >= 4 is 11.8 Å². The smallest absolute Gasteiger partial charge is 0.354 e. The van der Waals surface area contributed by atoms with Crippen LogP contribution in [0.25, 0.3) is 11.5 Å². The normalized spacial score (nSPS) is 15.3. The second-order valence-corrected chi connectivity index (χ2v) is 7.08. The van der Waals surface area contributed by atoms with E-state index in [-0.39, 0.29) is 29.0 Å². The second kappa shape index (κ2) is 8.32. The zero-order chi connectivity index (χ0) is 21.1. The molecule has 0 bridgehead atoms. The van der Waals surface area contributed by atoms with E-state index < -0.39 is 5.97 Å². The molecule has 1 aromatic carbocycles. The topological polar surface area (TPSA) is 103 Å². The Kier molecular flexibility index (Phi) is 5.43. The summed E-state index contributed by atoms with van der Waals surface area (Å²) in [5.41, 5.74) is 2.52. The van der Waals surface area contributed by atoms with Crippen LogP contribution in [0.2, 0.25) is 0 Å². The molecule has 1 aliphatic rings. The average Bonchev–Trinajstić information content (AvgIpc) is 3.27. The number of aromatic carboxylic acids is 1. The fraction of sp³-hybridized carbons (Fsp3) is 0.217. The number of fused-ring (bicyclic) bond motifs is 1. The van der Waals surface area contributed by atoms with E-state index in [1.165, 1.54) is 17.8 Å². The minimum Gasteiger partial charge on any atom is -0.490 e. The first-order valence-corrected chi connectivity index (χ1v) is 9.61. The van der Waals surface area contributed by atoms with E-state index in [2.05, 4.69) is 16.5 Å². The Hall–Kier alpha value is -3.74. The molecule has 152 valence electrons. The summed E-state index contributed by atoms with van der Waals surface area (Å²) >= 11 is 0. The van der Waals surface area contributed by atoms with Gasteiger partial charge in [-0.05, 0) is 54.7 Å². The molecular formula is C23H20N2O5. The van der Waals surface area contributed by atoms with Crippen LogP contribution in [-0.4, -0.2) is 33.4 Å². The summed E-state index contributed by atoms with van der Waals surface area (Å²) in [7, 11) is 0. The average molecular weight is 404 g/mol. The quantitative estimate of drug-likeness (QED) is 0.469. The number of pyridine rings is 1. The van der Waals surface area contributed by atoms with Crippen molar-refractivity contribution in [3.05, 3.63) is 78.0 Å². The Morgan fingerprint density at radius 1 is 1.27 bits per heavy atom. The van der Waals surface area contributed by atoms with Gasteiger partial charge in [-0.15, -0.1) is 0 Å². The van der Waals surface area contributed by atoms with Gasteiger partial charge in [0.25, 0.3) is 5.89 Å². The van der Waals surface area contributed by atoms with E-state index in [0.29, 0.717) is 25.1 Å². The maximum Gasteiger partial charge on any atom is 0.354 e. The number of nitrogens with zero attached hydrogens (tertiary/aromatic N) is 2. The maximum absolute atomic E-state index is 12.9. The Morgan fingerprint density at radius 2 is 2.13 bits per heavy atom. The number of oxazole rings is 1. The number of carboxylic acid groups (broad SMARTS) is 1. The van der Waals surface area contributed by atoms with Crippen molar-refractivity contribution in [1.82, 2.24) is 9.97 Å². The summed E-state index contributed by atoms with van der Waals surface area (Å²) in [5.74, 6) is -0.428. The van der Waals surface area contributed by atoms with Gasteiger partial charge in [0.2, 0.25) is 5.78 Å². The third-order valence-corrected chi connectivity index (χ3v) is 5.08. The third kappa shape index (κ3) is 4.00. The highest BCUT2D eigenvalue weighted by molar-refractivity contribution is 5.94. The molecule has 0 aliphatic heterocycles. The van der Waals surface area contributed by atoms with Gasteiger partial charge in [-0.3, -0.25) is 4.79 Å². The lowest BCUT2D eigenvalue weighted by molar-refractivity contribution is 0.0690. The summed E-state index contributed by atoms with van der Waals surface area (Å²) in [4.78, 5) is 32.2. The fourth-order valence-corrected chi connectivity index (χ4v) is 3.57. The molecule has 30 heavy (non-hydrogen) atoms. The third-order valence-electron chi connectivity index (χ3n) is 5.08. The highest BCUT2D eigenvalue weighted by Gasteiger charge is 2.29. The number of aromatic nitrogens is 2. The van der Waals surface area contributed by atoms with E-state index >= 15 is 0 Å². The number of ketones is 1. The molecule has 3 aromatic rings. The molecule has 2 aromatic heterocycles. The number of rotatable bonds is 7. The van der Waals surface area contributed by atoms with Crippen LogP contribution in [0.4, 0.5) is 0 Å². The lowest BCUT2D eigenvalue weighted by Crippen LogP contribution is -2.23. The van der Waals surface area contributed by atoms with Crippen molar-refractivity contribution < 1.29 is 23.8 Å². The van der Waals surface area contributed by atoms with Gasteiger partial charge in [0.1, 0.15) is 23.7 Å². The molecule has 2 heterocycles. The minimum absolute atomic E-state index is 0.0203.